The molecule has 1 amide bonds. The molecule has 1 aliphatic rings. The van der Waals surface area contributed by atoms with Gasteiger partial charge in [-0.1, -0.05) is 30.3 Å². The minimum Gasteiger partial charge on any atom is -0.334 e. The van der Waals surface area contributed by atoms with Gasteiger partial charge in [-0.05, 0) is 25.0 Å². The summed E-state index contributed by atoms with van der Waals surface area (Å²) in [6.45, 7) is 2.68. The molecule has 2 unspecified atom stereocenters. The standard InChI is InChI=1S/C19H18N4O3/c1-12-15(13-5-3-2-4-6-13)9-10-22(12)19(24)18-16-11-14(23(25)26)7-8-17(16)20-21-18/h2-8,11-12,15H,9-10H2,1H3,(H,20,21). The Morgan fingerprint density at radius 2 is 2.04 bits per heavy atom. The summed E-state index contributed by atoms with van der Waals surface area (Å²) >= 11 is 0. The first-order chi connectivity index (χ1) is 12.6. The summed E-state index contributed by atoms with van der Waals surface area (Å²) in [6, 6.07) is 14.6. The largest absolute Gasteiger partial charge is 0.334 e. The van der Waals surface area contributed by atoms with Crippen LogP contribution in [0.4, 0.5) is 5.69 Å². The van der Waals surface area contributed by atoms with Crippen LogP contribution in [0, 0.1) is 10.1 Å². The lowest BCUT2D eigenvalue weighted by Gasteiger charge is -2.24. The van der Waals surface area contributed by atoms with E-state index in [2.05, 4.69) is 22.3 Å². The molecule has 1 saturated heterocycles. The molecule has 2 aromatic carbocycles. The van der Waals surface area contributed by atoms with Crippen LogP contribution in [0.3, 0.4) is 0 Å². The number of nitrogens with zero attached hydrogens (tertiary/aromatic N) is 3. The minimum absolute atomic E-state index is 0.0374. The topological polar surface area (TPSA) is 92.1 Å². The number of nitro groups is 1. The van der Waals surface area contributed by atoms with E-state index in [1.165, 1.54) is 17.7 Å². The van der Waals surface area contributed by atoms with E-state index in [9.17, 15) is 14.9 Å². The van der Waals surface area contributed by atoms with Crippen molar-refractivity contribution in [3.05, 3.63) is 69.9 Å². The molecule has 4 rings (SSSR count). The highest BCUT2D eigenvalue weighted by atomic mass is 16.6. The van der Waals surface area contributed by atoms with E-state index < -0.39 is 4.92 Å². The molecule has 0 bridgehead atoms. The Morgan fingerprint density at radius 3 is 2.77 bits per heavy atom. The SMILES string of the molecule is CC1C(c2ccccc2)CCN1C(=O)c1n[nH]c2ccc([N+](=O)[O-])cc12. The Hall–Kier alpha value is -3.22. The van der Waals surface area contributed by atoms with Crippen molar-refractivity contribution in [2.75, 3.05) is 6.54 Å². The Morgan fingerprint density at radius 1 is 1.27 bits per heavy atom. The molecule has 26 heavy (non-hydrogen) atoms. The van der Waals surface area contributed by atoms with Crippen molar-refractivity contribution in [2.24, 2.45) is 0 Å². The molecule has 7 nitrogen and oxygen atoms in total. The normalized spacial score (nSPS) is 19.8. The molecular formula is C19H18N4O3. The van der Waals surface area contributed by atoms with Crippen LogP contribution < -0.4 is 0 Å². The molecular weight excluding hydrogens is 332 g/mol. The molecule has 0 spiro atoms. The van der Waals surface area contributed by atoms with Crippen molar-refractivity contribution in [1.29, 1.82) is 0 Å². The fraction of sp³-hybridized carbons (Fsp3) is 0.263. The number of fused-ring (bicyclic) bond motifs is 1. The van der Waals surface area contributed by atoms with Gasteiger partial charge in [0, 0.05) is 36.0 Å². The Balaban J connectivity index is 1.65. The van der Waals surface area contributed by atoms with Crippen molar-refractivity contribution in [1.82, 2.24) is 15.1 Å². The number of rotatable bonds is 3. The molecule has 7 heteroatoms. The highest BCUT2D eigenvalue weighted by Crippen LogP contribution is 2.34. The van der Waals surface area contributed by atoms with Gasteiger partial charge in [0.1, 0.15) is 0 Å². The maximum absolute atomic E-state index is 13.1. The second-order valence-electron chi connectivity index (χ2n) is 6.60. The van der Waals surface area contributed by atoms with Crippen LogP contribution in [-0.4, -0.2) is 38.5 Å². The highest BCUT2D eigenvalue weighted by molar-refractivity contribution is 6.05. The zero-order valence-corrected chi connectivity index (χ0v) is 14.3. The molecule has 1 N–H and O–H groups in total. The predicted octanol–water partition coefficient (Wildman–Crippen LogP) is 3.49. The van der Waals surface area contributed by atoms with Crippen LogP contribution in [0.5, 0.6) is 0 Å². The van der Waals surface area contributed by atoms with Gasteiger partial charge < -0.3 is 4.90 Å². The summed E-state index contributed by atoms with van der Waals surface area (Å²) < 4.78 is 0. The maximum Gasteiger partial charge on any atom is 0.275 e. The van der Waals surface area contributed by atoms with Gasteiger partial charge in [0.2, 0.25) is 0 Å². The van der Waals surface area contributed by atoms with Crippen molar-refractivity contribution < 1.29 is 9.72 Å². The van der Waals surface area contributed by atoms with Gasteiger partial charge in [0.05, 0.1) is 10.4 Å². The number of carbonyl (C=O) groups is 1. The molecule has 1 aromatic heterocycles. The summed E-state index contributed by atoms with van der Waals surface area (Å²) in [5.74, 6) is 0.0855. The Labute approximate surface area is 149 Å². The number of hydrogen-bond acceptors (Lipinski definition) is 4. The van der Waals surface area contributed by atoms with Gasteiger partial charge in [0.25, 0.3) is 11.6 Å². The first-order valence-corrected chi connectivity index (χ1v) is 8.54. The average Bonchev–Trinajstić information content (AvgIpc) is 3.25. The Kier molecular flexibility index (Phi) is 3.91. The minimum atomic E-state index is -0.468. The van der Waals surface area contributed by atoms with Gasteiger partial charge in [-0.15, -0.1) is 0 Å². The second kappa shape index (κ2) is 6.25. The van der Waals surface area contributed by atoms with Crippen LogP contribution in [0.25, 0.3) is 10.9 Å². The number of non-ortho nitro benzene ring substituents is 1. The number of H-pyrrole nitrogens is 1. The smallest absolute Gasteiger partial charge is 0.275 e. The lowest BCUT2D eigenvalue weighted by Crippen LogP contribution is -2.35. The second-order valence-corrected chi connectivity index (χ2v) is 6.60. The molecule has 2 heterocycles. The van der Waals surface area contributed by atoms with Gasteiger partial charge in [0.15, 0.2) is 5.69 Å². The summed E-state index contributed by atoms with van der Waals surface area (Å²) in [4.78, 5) is 25.4. The number of nitro benzene ring substituents is 1. The predicted molar refractivity (Wildman–Crippen MR) is 97.0 cm³/mol. The van der Waals surface area contributed by atoms with Crippen LogP contribution in [0.1, 0.15) is 35.3 Å². The fourth-order valence-electron chi connectivity index (χ4n) is 3.79. The van der Waals surface area contributed by atoms with Crippen LogP contribution in [0.2, 0.25) is 0 Å². The Bertz CT molecular complexity index is 983. The lowest BCUT2D eigenvalue weighted by molar-refractivity contribution is -0.384. The molecule has 2 atom stereocenters. The van der Waals surface area contributed by atoms with Crippen molar-refractivity contribution >= 4 is 22.5 Å². The number of carbonyl (C=O) groups excluding carboxylic acids is 1. The third-order valence-electron chi connectivity index (χ3n) is 5.20. The third kappa shape index (κ3) is 2.61. The number of hydrogen-bond donors (Lipinski definition) is 1. The molecule has 0 radical (unpaired) electrons. The van der Waals surface area contributed by atoms with Crippen LogP contribution >= 0.6 is 0 Å². The van der Waals surface area contributed by atoms with Crippen molar-refractivity contribution in [2.45, 2.75) is 25.3 Å². The number of likely N-dealkylation sites (tertiary alicyclic amines) is 1. The monoisotopic (exact) mass is 350 g/mol. The first kappa shape index (κ1) is 16.3. The van der Waals surface area contributed by atoms with Crippen LogP contribution in [0.15, 0.2) is 48.5 Å². The van der Waals surface area contributed by atoms with Crippen LogP contribution in [-0.2, 0) is 0 Å². The zero-order chi connectivity index (χ0) is 18.3. The number of aromatic nitrogens is 2. The average molecular weight is 350 g/mol. The van der Waals surface area contributed by atoms with E-state index in [0.29, 0.717) is 17.4 Å². The van der Waals surface area contributed by atoms with Gasteiger partial charge in [-0.25, -0.2) is 0 Å². The quantitative estimate of drug-likeness (QED) is 0.578. The number of nitrogens with one attached hydrogen (secondary N) is 1. The molecule has 0 aliphatic carbocycles. The van der Waals surface area contributed by atoms with Crippen molar-refractivity contribution in [3.63, 3.8) is 0 Å². The molecule has 1 fully saturated rings. The number of aromatic amines is 1. The van der Waals surface area contributed by atoms with Gasteiger partial charge >= 0.3 is 0 Å². The molecule has 3 aromatic rings. The number of benzene rings is 2. The maximum atomic E-state index is 13.1. The summed E-state index contributed by atoms with van der Waals surface area (Å²) in [7, 11) is 0. The van der Waals surface area contributed by atoms with E-state index in [0.717, 1.165) is 6.42 Å². The first-order valence-electron chi connectivity index (χ1n) is 8.54. The number of amides is 1. The summed E-state index contributed by atoms with van der Waals surface area (Å²) in [5, 5.41) is 18.5. The van der Waals surface area contributed by atoms with Gasteiger partial charge in [-0.3, -0.25) is 20.0 Å². The van der Waals surface area contributed by atoms with E-state index in [1.54, 1.807) is 6.07 Å². The molecule has 1 aliphatic heterocycles. The van der Waals surface area contributed by atoms with Gasteiger partial charge in [-0.2, -0.15) is 5.10 Å². The van der Waals surface area contributed by atoms with E-state index >= 15 is 0 Å². The molecule has 0 saturated carbocycles. The van der Waals surface area contributed by atoms with Crippen molar-refractivity contribution in [3.8, 4) is 0 Å². The van der Waals surface area contributed by atoms with E-state index in [1.807, 2.05) is 30.0 Å². The molecule has 132 valence electrons. The fourth-order valence-corrected chi connectivity index (χ4v) is 3.79. The summed E-state index contributed by atoms with van der Waals surface area (Å²) in [6.07, 6.45) is 0.888. The van der Waals surface area contributed by atoms with E-state index in [4.69, 9.17) is 0 Å². The lowest BCUT2D eigenvalue weighted by atomic mass is 9.93. The van der Waals surface area contributed by atoms with E-state index in [-0.39, 0.29) is 29.2 Å². The third-order valence-corrected chi connectivity index (χ3v) is 5.20. The zero-order valence-electron chi connectivity index (χ0n) is 14.3. The highest BCUT2D eigenvalue weighted by Gasteiger charge is 2.36. The summed E-state index contributed by atoms with van der Waals surface area (Å²) in [5.41, 5.74) is 2.03.